The molecular formula is C20H15ClN4O3. The zero-order valence-electron chi connectivity index (χ0n) is 15.1. The van der Waals surface area contributed by atoms with E-state index in [0.29, 0.717) is 21.9 Å². The SMILES string of the molecule is Cc1nc2ccc(C(=O)OCc3nc(-c4ccc(Cl)cc4)no3)cc2nc1C. The molecule has 0 unspecified atom stereocenters. The van der Waals surface area contributed by atoms with Gasteiger partial charge >= 0.3 is 5.97 Å². The first-order valence-electron chi connectivity index (χ1n) is 8.50. The molecule has 8 heteroatoms. The maximum absolute atomic E-state index is 12.4. The lowest BCUT2D eigenvalue weighted by Crippen LogP contribution is -2.06. The van der Waals surface area contributed by atoms with Crippen molar-refractivity contribution in [3.8, 4) is 11.4 Å². The van der Waals surface area contributed by atoms with Gasteiger partial charge in [-0.15, -0.1) is 0 Å². The van der Waals surface area contributed by atoms with E-state index in [-0.39, 0.29) is 12.5 Å². The number of carbonyl (C=O) groups excluding carboxylic acids is 1. The Morgan fingerprint density at radius 2 is 1.71 bits per heavy atom. The third-order valence-electron chi connectivity index (χ3n) is 4.21. The summed E-state index contributed by atoms with van der Waals surface area (Å²) < 4.78 is 10.4. The number of carbonyl (C=O) groups is 1. The monoisotopic (exact) mass is 394 g/mol. The van der Waals surface area contributed by atoms with Crippen LogP contribution in [0.2, 0.25) is 5.02 Å². The van der Waals surface area contributed by atoms with Gasteiger partial charge in [0.05, 0.1) is 28.0 Å². The highest BCUT2D eigenvalue weighted by molar-refractivity contribution is 6.30. The summed E-state index contributed by atoms with van der Waals surface area (Å²) in [5.74, 6) is 0.0908. The first-order chi connectivity index (χ1) is 13.5. The number of hydrogen-bond acceptors (Lipinski definition) is 7. The van der Waals surface area contributed by atoms with Crippen LogP contribution in [-0.4, -0.2) is 26.1 Å². The van der Waals surface area contributed by atoms with Gasteiger partial charge in [0.15, 0.2) is 6.61 Å². The summed E-state index contributed by atoms with van der Waals surface area (Å²) in [4.78, 5) is 25.5. The number of rotatable bonds is 4. The number of esters is 1. The Morgan fingerprint density at radius 3 is 2.46 bits per heavy atom. The van der Waals surface area contributed by atoms with Gasteiger partial charge in [0.1, 0.15) is 0 Å². The van der Waals surface area contributed by atoms with Crippen LogP contribution in [0.25, 0.3) is 22.4 Å². The maximum Gasteiger partial charge on any atom is 0.338 e. The molecule has 0 saturated heterocycles. The van der Waals surface area contributed by atoms with Gasteiger partial charge in [0, 0.05) is 10.6 Å². The number of aryl methyl sites for hydroxylation is 2. The Bertz CT molecular complexity index is 1170. The van der Waals surface area contributed by atoms with Crippen molar-refractivity contribution < 1.29 is 14.1 Å². The number of ether oxygens (including phenoxy) is 1. The van der Waals surface area contributed by atoms with Crippen LogP contribution in [0.3, 0.4) is 0 Å². The fourth-order valence-corrected chi connectivity index (χ4v) is 2.72. The van der Waals surface area contributed by atoms with Crippen molar-refractivity contribution in [2.75, 3.05) is 0 Å². The van der Waals surface area contributed by atoms with Crippen molar-refractivity contribution in [1.82, 2.24) is 20.1 Å². The van der Waals surface area contributed by atoms with Crippen LogP contribution in [0, 0.1) is 13.8 Å². The van der Waals surface area contributed by atoms with Crippen LogP contribution >= 0.6 is 11.6 Å². The smallest absolute Gasteiger partial charge is 0.338 e. The average molecular weight is 395 g/mol. The lowest BCUT2D eigenvalue weighted by Gasteiger charge is -2.05. The molecule has 0 saturated carbocycles. The number of hydrogen-bond donors (Lipinski definition) is 0. The van der Waals surface area contributed by atoms with Gasteiger partial charge in [-0.3, -0.25) is 0 Å². The minimum absolute atomic E-state index is 0.129. The van der Waals surface area contributed by atoms with Crippen molar-refractivity contribution in [3.63, 3.8) is 0 Å². The van der Waals surface area contributed by atoms with Gasteiger partial charge in [-0.05, 0) is 56.3 Å². The van der Waals surface area contributed by atoms with Crippen LogP contribution in [0.15, 0.2) is 47.0 Å². The van der Waals surface area contributed by atoms with E-state index in [4.69, 9.17) is 20.9 Å². The maximum atomic E-state index is 12.4. The zero-order chi connectivity index (χ0) is 19.7. The molecule has 140 valence electrons. The summed E-state index contributed by atoms with van der Waals surface area (Å²) in [5.41, 5.74) is 4.17. The molecule has 0 spiro atoms. The molecule has 2 heterocycles. The van der Waals surface area contributed by atoms with Crippen molar-refractivity contribution in [3.05, 3.63) is 70.3 Å². The molecule has 0 aliphatic heterocycles. The number of nitrogens with zero attached hydrogens (tertiary/aromatic N) is 4. The first-order valence-corrected chi connectivity index (χ1v) is 8.88. The second-order valence-corrected chi connectivity index (χ2v) is 6.63. The predicted molar refractivity (Wildman–Crippen MR) is 103 cm³/mol. The molecule has 2 aromatic heterocycles. The summed E-state index contributed by atoms with van der Waals surface area (Å²) in [5, 5.41) is 4.50. The molecule has 4 rings (SSSR count). The summed E-state index contributed by atoms with van der Waals surface area (Å²) in [6, 6.07) is 12.1. The molecule has 0 radical (unpaired) electrons. The van der Waals surface area contributed by atoms with Crippen LogP contribution < -0.4 is 0 Å². The van der Waals surface area contributed by atoms with E-state index in [2.05, 4.69) is 20.1 Å². The molecule has 28 heavy (non-hydrogen) atoms. The van der Waals surface area contributed by atoms with Gasteiger partial charge < -0.3 is 9.26 Å². The summed E-state index contributed by atoms with van der Waals surface area (Å²) in [6.45, 7) is 3.64. The Hall–Kier alpha value is -3.32. The van der Waals surface area contributed by atoms with Gasteiger partial charge in [-0.2, -0.15) is 4.98 Å². The van der Waals surface area contributed by atoms with Gasteiger partial charge in [0.25, 0.3) is 5.89 Å². The van der Waals surface area contributed by atoms with Gasteiger partial charge in [-0.1, -0.05) is 16.8 Å². The van der Waals surface area contributed by atoms with E-state index >= 15 is 0 Å². The fraction of sp³-hybridized carbons (Fsp3) is 0.150. The first kappa shape index (κ1) is 18.1. The molecule has 4 aromatic rings. The average Bonchev–Trinajstić information content (AvgIpc) is 3.16. The quantitative estimate of drug-likeness (QED) is 0.476. The summed E-state index contributed by atoms with van der Waals surface area (Å²) in [6.07, 6.45) is 0. The molecule has 2 aromatic carbocycles. The highest BCUT2D eigenvalue weighted by atomic mass is 35.5. The predicted octanol–water partition coefficient (Wildman–Crippen LogP) is 4.31. The minimum Gasteiger partial charge on any atom is -0.452 e. The van der Waals surface area contributed by atoms with E-state index < -0.39 is 5.97 Å². The molecule has 0 amide bonds. The molecule has 0 atom stereocenters. The Labute approximate surface area is 165 Å². The van der Waals surface area contributed by atoms with Crippen molar-refractivity contribution >= 4 is 28.6 Å². The van der Waals surface area contributed by atoms with Crippen LogP contribution in [-0.2, 0) is 11.3 Å². The van der Waals surface area contributed by atoms with E-state index in [0.717, 1.165) is 22.5 Å². The molecule has 0 fully saturated rings. The van der Waals surface area contributed by atoms with E-state index in [9.17, 15) is 4.79 Å². The molecule has 0 aliphatic carbocycles. The lowest BCUT2D eigenvalue weighted by atomic mass is 10.2. The Balaban J connectivity index is 1.46. The van der Waals surface area contributed by atoms with Crippen molar-refractivity contribution in [2.24, 2.45) is 0 Å². The zero-order valence-corrected chi connectivity index (χ0v) is 15.9. The number of benzene rings is 2. The van der Waals surface area contributed by atoms with Crippen molar-refractivity contribution in [1.29, 1.82) is 0 Å². The minimum atomic E-state index is -0.506. The fourth-order valence-electron chi connectivity index (χ4n) is 2.60. The third-order valence-corrected chi connectivity index (χ3v) is 4.46. The van der Waals surface area contributed by atoms with Crippen LogP contribution in [0.1, 0.15) is 27.6 Å². The van der Waals surface area contributed by atoms with Gasteiger partial charge in [0.2, 0.25) is 5.82 Å². The summed E-state index contributed by atoms with van der Waals surface area (Å²) in [7, 11) is 0. The Morgan fingerprint density at radius 1 is 1.00 bits per heavy atom. The normalized spacial score (nSPS) is 11.0. The van der Waals surface area contributed by atoms with E-state index in [1.54, 1.807) is 42.5 Å². The topological polar surface area (TPSA) is 91.0 Å². The van der Waals surface area contributed by atoms with Crippen molar-refractivity contribution in [2.45, 2.75) is 20.5 Å². The van der Waals surface area contributed by atoms with Crippen LogP contribution in [0.4, 0.5) is 0 Å². The second kappa shape index (κ2) is 7.36. The second-order valence-electron chi connectivity index (χ2n) is 6.19. The Kier molecular flexibility index (Phi) is 4.75. The van der Waals surface area contributed by atoms with Crippen LogP contribution in [0.5, 0.6) is 0 Å². The molecule has 0 bridgehead atoms. The van der Waals surface area contributed by atoms with E-state index in [1.165, 1.54) is 0 Å². The highest BCUT2D eigenvalue weighted by Gasteiger charge is 2.14. The summed E-state index contributed by atoms with van der Waals surface area (Å²) >= 11 is 5.87. The third kappa shape index (κ3) is 3.70. The number of halogens is 1. The standard InChI is InChI=1S/C20H15ClN4O3/c1-11-12(2)23-17-9-14(5-8-16(17)22-11)20(26)27-10-18-24-19(25-28-18)13-3-6-15(21)7-4-13/h3-9H,10H2,1-2H3. The molecular weight excluding hydrogens is 380 g/mol. The van der Waals surface area contributed by atoms with Gasteiger partial charge in [-0.25, -0.2) is 14.8 Å². The number of aromatic nitrogens is 4. The highest BCUT2D eigenvalue weighted by Crippen LogP contribution is 2.19. The molecule has 0 N–H and O–H groups in total. The lowest BCUT2D eigenvalue weighted by molar-refractivity contribution is 0.0430. The van der Waals surface area contributed by atoms with E-state index in [1.807, 2.05) is 13.8 Å². The largest absolute Gasteiger partial charge is 0.452 e. The number of fused-ring (bicyclic) bond motifs is 1. The molecule has 7 nitrogen and oxygen atoms in total. The molecule has 0 aliphatic rings.